The van der Waals surface area contributed by atoms with E-state index >= 15 is 0 Å². The van der Waals surface area contributed by atoms with Crippen LogP contribution in [0.2, 0.25) is 0 Å². The second kappa shape index (κ2) is 5.09. The number of hydrogen-bond acceptors (Lipinski definition) is 3. The molecule has 0 unspecified atom stereocenters. The molecule has 0 aliphatic rings. The summed E-state index contributed by atoms with van der Waals surface area (Å²) >= 11 is 0. The van der Waals surface area contributed by atoms with Gasteiger partial charge in [0.15, 0.2) is 5.76 Å². The number of methoxy groups -OCH3 is 1. The lowest BCUT2D eigenvalue weighted by Crippen LogP contribution is -2.00. The molecule has 3 nitrogen and oxygen atoms in total. The van der Waals surface area contributed by atoms with Gasteiger partial charge in [0.2, 0.25) is 5.78 Å². The first kappa shape index (κ1) is 13.4. The van der Waals surface area contributed by atoms with Gasteiger partial charge in [0.05, 0.1) is 7.11 Å². The molecule has 3 rings (SSSR count). The Labute approximate surface area is 123 Å². The van der Waals surface area contributed by atoms with Crippen LogP contribution in [0.1, 0.15) is 27.2 Å². The number of carbonyl (C=O) groups is 1. The van der Waals surface area contributed by atoms with Gasteiger partial charge in [0, 0.05) is 10.9 Å². The van der Waals surface area contributed by atoms with E-state index in [2.05, 4.69) is 0 Å². The number of ketones is 1. The average molecular weight is 280 g/mol. The highest BCUT2D eigenvalue weighted by atomic mass is 16.5. The highest BCUT2D eigenvalue weighted by molar-refractivity contribution is 6.09. The Bertz CT molecular complexity index is 828. The lowest BCUT2D eigenvalue weighted by atomic mass is 10.1. The minimum atomic E-state index is -0.116. The van der Waals surface area contributed by atoms with Crippen molar-refractivity contribution in [2.45, 2.75) is 13.8 Å². The van der Waals surface area contributed by atoms with Crippen LogP contribution in [0.4, 0.5) is 0 Å². The normalized spacial score (nSPS) is 10.8. The first-order valence-corrected chi connectivity index (χ1v) is 6.78. The topological polar surface area (TPSA) is 39.4 Å². The van der Waals surface area contributed by atoms with Gasteiger partial charge in [-0.2, -0.15) is 0 Å². The van der Waals surface area contributed by atoms with E-state index in [0.29, 0.717) is 11.3 Å². The molecule has 106 valence electrons. The number of furan rings is 1. The zero-order valence-electron chi connectivity index (χ0n) is 12.3. The smallest absolute Gasteiger partial charge is 0.228 e. The monoisotopic (exact) mass is 280 g/mol. The molecule has 3 aromatic rings. The molecule has 0 saturated heterocycles. The van der Waals surface area contributed by atoms with Crippen molar-refractivity contribution < 1.29 is 13.9 Å². The predicted octanol–water partition coefficient (Wildman–Crippen LogP) is 4.29. The molecular weight excluding hydrogens is 264 g/mol. The van der Waals surface area contributed by atoms with E-state index in [1.807, 2.05) is 38.1 Å². The van der Waals surface area contributed by atoms with E-state index in [-0.39, 0.29) is 5.78 Å². The Balaban J connectivity index is 2.01. The van der Waals surface area contributed by atoms with Crippen LogP contribution in [0.25, 0.3) is 11.0 Å². The van der Waals surface area contributed by atoms with Crippen molar-refractivity contribution in [3.05, 3.63) is 64.9 Å². The van der Waals surface area contributed by atoms with E-state index in [0.717, 1.165) is 27.8 Å². The van der Waals surface area contributed by atoms with Gasteiger partial charge in [-0.05, 0) is 55.8 Å². The lowest BCUT2D eigenvalue weighted by molar-refractivity contribution is 0.101. The van der Waals surface area contributed by atoms with Crippen LogP contribution in [0.5, 0.6) is 5.75 Å². The van der Waals surface area contributed by atoms with Crippen molar-refractivity contribution in [3.8, 4) is 5.75 Å². The number of aryl methyl sites for hydroxylation is 2. The maximum Gasteiger partial charge on any atom is 0.228 e. The van der Waals surface area contributed by atoms with Crippen LogP contribution >= 0.6 is 0 Å². The second-order valence-electron chi connectivity index (χ2n) is 5.17. The van der Waals surface area contributed by atoms with E-state index in [1.54, 1.807) is 25.3 Å². The second-order valence-corrected chi connectivity index (χ2v) is 5.17. The van der Waals surface area contributed by atoms with Gasteiger partial charge in [-0.25, -0.2) is 0 Å². The summed E-state index contributed by atoms with van der Waals surface area (Å²) in [5, 5.41) is 0.948. The Morgan fingerprint density at radius 3 is 2.57 bits per heavy atom. The maximum atomic E-state index is 12.5. The molecule has 1 aromatic heterocycles. The van der Waals surface area contributed by atoms with Gasteiger partial charge in [-0.15, -0.1) is 0 Å². The number of benzene rings is 2. The first-order chi connectivity index (χ1) is 10.1. The summed E-state index contributed by atoms with van der Waals surface area (Å²) in [4.78, 5) is 12.5. The highest BCUT2D eigenvalue weighted by Crippen LogP contribution is 2.24. The van der Waals surface area contributed by atoms with E-state index in [9.17, 15) is 4.79 Å². The van der Waals surface area contributed by atoms with Crippen molar-refractivity contribution in [2.24, 2.45) is 0 Å². The van der Waals surface area contributed by atoms with Crippen LogP contribution in [0.15, 0.2) is 46.9 Å². The van der Waals surface area contributed by atoms with Crippen molar-refractivity contribution >= 4 is 16.8 Å². The molecule has 0 bridgehead atoms. The largest absolute Gasteiger partial charge is 0.496 e. The predicted molar refractivity (Wildman–Crippen MR) is 82.1 cm³/mol. The standard InChI is InChI=1S/C18H16O3/c1-11-4-6-16-14(8-11)10-17(21-16)18(19)13-5-7-15(20-3)12(2)9-13/h4-10H,1-3H3. The van der Waals surface area contributed by atoms with Gasteiger partial charge in [-0.1, -0.05) is 11.6 Å². The zero-order chi connectivity index (χ0) is 15.0. The molecule has 21 heavy (non-hydrogen) atoms. The van der Waals surface area contributed by atoms with Gasteiger partial charge >= 0.3 is 0 Å². The molecule has 0 fully saturated rings. The summed E-state index contributed by atoms with van der Waals surface area (Å²) in [6, 6.07) is 13.0. The molecule has 0 aliphatic carbocycles. The van der Waals surface area contributed by atoms with Gasteiger partial charge in [-0.3, -0.25) is 4.79 Å². The molecule has 0 amide bonds. The lowest BCUT2D eigenvalue weighted by Gasteiger charge is -2.05. The maximum absolute atomic E-state index is 12.5. The minimum absolute atomic E-state index is 0.116. The summed E-state index contributed by atoms with van der Waals surface area (Å²) in [7, 11) is 1.62. The summed E-state index contributed by atoms with van der Waals surface area (Å²) in [6.45, 7) is 3.93. The van der Waals surface area contributed by atoms with Crippen molar-refractivity contribution in [1.29, 1.82) is 0 Å². The van der Waals surface area contributed by atoms with Crippen molar-refractivity contribution in [3.63, 3.8) is 0 Å². The first-order valence-electron chi connectivity index (χ1n) is 6.78. The molecular formula is C18H16O3. The third-order valence-electron chi connectivity index (χ3n) is 3.55. The zero-order valence-corrected chi connectivity index (χ0v) is 12.3. The minimum Gasteiger partial charge on any atom is -0.496 e. The summed E-state index contributed by atoms with van der Waals surface area (Å²) in [5.74, 6) is 1.02. The molecule has 0 aliphatic heterocycles. The third-order valence-corrected chi connectivity index (χ3v) is 3.55. The fourth-order valence-electron chi connectivity index (χ4n) is 2.44. The quantitative estimate of drug-likeness (QED) is 0.672. The van der Waals surface area contributed by atoms with E-state index in [4.69, 9.17) is 9.15 Å². The summed E-state index contributed by atoms with van der Waals surface area (Å²) in [6.07, 6.45) is 0. The Morgan fingerprint density at radius 1 is 1.05 bits per heavy atom. The van der Waals surface area contributed by atoms with Crippen LogP contribution in [0.3, 0.4) is 0 Å². The molecule has 0 spiro atoms. The van der Waals surface area contributed by atoms with Crippen LogP contribution < -0.4 is 4.74 Å². The molecule has 0 radical (unpaired) electrons. The van der Waals surface area contributed by atoms with Crippen molar-refractivity contribution in [1.82, 2.24) is 0 Å². The van der Waals surface area contributed by atoms with Crippen molar-refractivity contribution in [2.75, 3.05) is 7.11 Å². The van der Waals surface area contributed by atoms with Gasteiger partial charge in [0.1, 0.15) is 11.3 Å². The number of hydrogen-bond donors (Lipinski definition) is 0. The SMILES string of the molecule is COc1ccc(C(=O)c2cc3cc(C)ccc3o2)cc1C. The van der Waals surface area contributed by atoms with Gasteiger partial charge < -0.3 is 9.15 Å². The molecule has 0 saturated carbocycles. The van der Waals surface area contributed by atoms with E-state index < -0.39 is 0 Å². The Kier molecular flexibility index (Phi) is 3.26. The molecule has 0 atom stereocenters. The fourth-order valence-corrected chi connectivity index (χ4v) is 2.44. The average Bonchev–Trinajstić information content (AvgIpc) is 2.89. The molecule has 1 heterocycles. The van der Waals surface area contributed by atoms with Crippen LogP contribution in [-0.4, -0.2) is 12.9 Å². The van der Waals surface area contributed by atoms with Crippen LogP contribution in [-0.2, 0) is 0 Å². The fraction of sp³-hybridized carbons (Fsp3) is 0.167. The Morgan fingerprint density at radius 2 is 1.86 bits per heavy atom. The number of carbonyl (C=O) groups excluding carboxylic acids is 1. The number of ether oxygens (including phenoxy) is 1. The van der Waals surface area contributed by atoms with E-state index in [1.165, 1.54) is 0 Å². The third kappa shape index (κ3) is 2.42. The Hall–Kier alpha value is -2.55. The summed E-state index contributed by atoms with van der Waals surface area (Å²) in [5.41, 5.74) is 3.40. The molecule has 2 aromatic carbocycles. The highest BCUT2D eigenvalue weighted by Gasteiger charge is 2.15. The molecule has 3 heteroatoms. The molecule has 0 N–H and O–H groups in total. The van der Waals surface area contributed by atoms with Gasteiger partial charge in [0.25, 0.3) is 0 Å². The summed E-state index contributed by atoms with van der Waals surface area (Å²) < 4.78 is 10.9. The number of rotatable bonds is 3. The number of fused-ring (bicyclic) bond motifs is 1. The van der Waals surface area contributed by atoms with Crippen LogP contribution in [0, 0.1) is 13.8 Å².